The number of anilines is 1. The van der Waals surface area contributed by atoms with E-state index in [1.807, 2.05) is 13.0 Å². The lowest BCUT2D eigenvalue weighted by molar-refractivity contribution is -0.120. The zero-order chi connectivity index (χ0) is 14.3. The van der Waals surface area contributed by atoms with E-state index in [4.69, 9.17) is 16.9 Å². The SMILES string of the molecule is CCCCC(CC)C(=O)Nc1ccc(C#N)cc1Cl. The van der Waals surface area contributed by atoms with Gasteiger partial charge in [0.25, 0.3) is 0 Å². The Hall–Kier alpha value is -1.53. The van der Waals surface area contributed by atoms with Gasteiger partial charge >= 0.3 is 0 Å². The van der Waals surface area contributed by atoms with Gasteiger partial charge in [0.2, 0.25) is 5.91 Å². The number of rotatable bonds is 6. The van der Waals surface area contributed by atoms with Crippen LogP contribution in [0.5, 0.6) is 0 Å². The Morgan fingerprint density at radius 2 is 2.21 bits per heavy atom. The minimum Gasteiger partial charge on any atom is -0.325 e. The van der Waals surface area contributed by atoms with Crippen molar-refractivity contribution in [2.75, 3.05) is 5.32 Å². The average molecular weight is 279 g/mol. The van der Waals surface area contributed by atoms with Gasteiger partial charge < -0.3 is 5.32 Å². The van der Waals surface area contributed by atoms with Crippen molar-refractivity contribution in [3.05, 3.63) is 28.8 Å². The second-order valence-corrected chi connectivity index (χ2v) is 4.95. The molecule has 0 aliphatic heterocycles. The van der Waals surface area contributed by atoms with E-state index in [-0.39, 0.29) is 11.8 Å². The quantitative estimate of drug-likeness (QED) is 0.840. The van der Waals surface area contributed by atoms with Gasteiger partial charge in [-0.2, -0.15) is 5.26 Å². The molecule has 19 heavy (non-hydrogen) atoms. The Balaban J connectivity index is 2.73. The molecule has 0 saturated heterocycles. The predicted molar refractivity (Wildman–Crippen MR) is 78.1 cm³/mol. The smallest absolute Gasteiger partial charge is 0.227 e. The third-order valence-corrected chi connectivity index (χ3v) is 3.44. The standard InChI is InChI=1S/C15H19ClN2O/c1-3-5-6-12(4-2)15(19)18-14-8-7-11(10-17)9-13(14)16/h7-9,12H,3-6H2,1-2H3,(H,18,19). The molecule has 0 saturated carbocycles. The Labute approximate surface area is 119 Å². The van der Waals surface area contributed by atoms with Gasteiger partial charge in [-0.1, -0.05) is 38.3 Å². The minimum absolute atomic E-state index is 0.00237. The summed E-state index contributed by atoms with van der Waals surface area (Å²) in [7, 11) is 0. The molecule has 0 aliphatic carbocycles. The molecule has 0 heterocycles. The summed E-state index contributed by atoms with van der Waals surface area (Å²) in [4.78, 5) is 12.1. The lowest BCUT2D eigenvalue weighted by Gasteiger charge is -2.15. The number of unbranched alkanes of at least 4 members (excludes halogenated alkanes) is 1. The molecule has 1 rings (SSSR count). The lowest BCUT2D eigenvalue weighted by atomic mass is 9.98. The largest absolute Gasteiger partial charge is 0.325 e. The van der Waals surface area contributed by atoms with Crippen molar-refractivity contribution in [3.63, 3.8) is 0 Å². The van der Waals surface area contributed by atoms with Crippen LogP contribution in [0.2, 0.25) is 5.02 Å². The Kier molecular flexibility index (Phi) is 6.38. The first-order chi connectivity index (χ1) is 9.12. The topological polar surface area (TPSA) is 52.9 Å². The second-order valence-electron chi connectivity index (χ2n) is 4.54. The van der Waals surface area contributed by atoms with Crippen molar-refractivity contribution in [1.29, 1.82) is 5.26 Å². The van der Waals surface area contributed by atoms with Crippen LogP contribution in [0.4, 0.5) is 5.69 Å². The van der Waals surface area contributed by atoms with Crippen LogP contribution in [0.25, 0.3) is 0 Å². The summed E-state index contributed by atoms with van der Waals surface area (Å²) in [5.41, 5.74) is 1.06. The molecule has 0 fully saturated rings. The number of benzene rings is 1. The van der Waals surface area contributed by atoms with Gasteiger partial charge in [-0.15, -0.1) is 0 Å². The number of hydrogen-bond acceptors (Lipinski definition) is 2. The molecule has 0 aromatic heterocycles. The number of halogens is 1. The lowest BCUT2D eigenvalue weighted by Crippen LogP contribution is -2.22. The summed E-state index contributed by atoms with van der Waals surface area (Å²) in [5.74, 6) is 0.0224. The molecule has 102 valence electrons. The van der Waals surface area contributed by atoms with Crippen LogP contribution in [0.3, 0.4) is 0 Å². The first-order valence-corrected chi connectivity index (χ1v) is 7.00. The molecule has 0 spiro atoms. The molecular formula is C15H19ClN2O. The van der Waals surface area contributed by atoms with Crippen molar-refractivity contribution < 1.29 is 4.79 Å². The van der Waals surface area contributed by atoms with Crippen LogP contribution in [0.1, 0.15) is 45.1 Å². The van der Waals surface area contributed by atoms with Crippen LogP contribution in [-0.4, -0.2) is 5.91 Å². The molecule has 1 amide bonds. The maximum Gasteiger partial charge on any atom is 0.227 e. The average Bonchev–Trinajstić information content (AvgIpc) is 2.42. The number of carbonyl (C=O) groups is 1. The molecule has 4 heteroatoms. The Bertz CT molecular complexity index is 480. The summed E-state index contributed by atoms with van der Waals surface area (Å²) in [6.45, 7) is 4.13. The van der Waals surface area contributed by atoms with Gasteiger partial charge in [-0.05, 0) is 31.0 Å². The zero-order valence-electron chi connectivity index (χ0n) is 11.4. The molecule has 3 nitrogen and oxygen atoms in total. The van der Waals surface area contributed by atoms with E-state index in [0.717, 1.165) is 25.7 Å². The van der Waals surface area contributed by atoms with Crippen molar-refractivity contribution in [3.8, 4) is 6.07 Å². The van der Waals surface area contributed by atoms with Crippen molar-refractivity contribution in [1.82, 2.24) is 0 Å². The fraction of sp³-hybridized carbons (Fsp3) is 0.467. The van der Waals surface area contributed by atoms with Gasteiger partial charge in [0, 0.05) is 5.92 Å². The molecule has 1 aromatic carbocycles. The van der Waals surface area contributed by atoms with Crippen LogP contribution in [0.15, 0.2) is 18.2 Å². The molecule has 1 atom stereocenters. The third-order valence-electron chi connectivity index (χ3n) is 3.13. The molecular weight excluding hydrogens is 260 g/mol. The summed E-state index contributed by atoms with van der Waals surface area (Å²) >= 11 is 6.04. The Morgan fingerprint density at radius 3 is 2.74 bits per heavy atom. The van der Waals surface area contributed by atoms with Crippen LogP contribution < -0.4 is 5.32 Å². The van der Waals surface area contributed by atoms with Gasteiger partial charge in [-0.3, -0.25) is 4.79 Å². The number of hydrogen-bond donors (Lipinski definition) is 1. The summed E-state index contributed by atoms with van der Waals surface area (Å²) in [5, 5.41) is 12.0. The first-order valence-electron chi connectivity index (χ1n) is 6.62. The van der Waals surface area contributed by atoms with Crippen LogP contribution in [0, 0.1) is 17.2 Å². The highest BCUT2D eigenvalue weighted by Crippen LogP contribution is 2.24. The van der Waals surface area contributed by atoms with Crippen LogP contribution >= 0.6 is 11.6 Å². The summed E-state index contributed by atoms with van der Waals surface area (Å²) < 4.78 is 0. The van der Waals surface area contributed by atoms with Crippen molar-refractivity contribution in [2.24, 2.45) is 5.92 Å². The second kappa shape index (κ2) is 7.81. The summed E-state index contributed by atoms with van der Waals surface area (Å²) in [6, 6.07) is 6.89. The van der Waals surface area contributed by atoms with E-state index < -0.39 is 0 Å². The van der Waals surface area contributed by atoms with Crippen LogP contribution in [-0.2, 0) is 4.79 Å². The highest BCUT2D eigenvalue weighted by atomic mass is 35.5. The summed E-state index contributed by atoms with van der Waals surface area (Å²) in [6.07, 6.45) is 3.85. The normalized spacial score (nSPS) is 11.7. The van der Waals surface area contributed by atoms with E-state index in [2.05, 4.69) is 12.2 Å². The van der Waals surface area contributed by atoms with E-state index in [9.17, 15) is 4.79 Å². The third kappa shape index (κ3) is 4.57. The van der Waals surface area contributed by atoms with E-state index in [0.29, 0.717) is 16.3 Å². The highest BCUT2D eigenvalue weighted by Gasteiger charge is 2.16. The molecule has 0 aliphatic rings. The molecule has 0 radical (unpaired) electrons. The monoisotopic (exact) mass is 278 g/mol. The zero-order valence-corrected chi connectivity index (χ0v) is 12.1. The van der Waals surface area contributed by atoms with Gasteiger partial charge in [0.1, 0.15) is 0 Å². The number of amides is 1. The van der Waals surface area contributed by atoms with E-state index in [1.165, 1.54) is 0 Å². The number of nitrogens with one attached hydrogen (secondary N) is 1. The predicted octanol–water partition coefficient (Wildman–Crippen LogP) is 4.37. The first kappa shape index (κ1) is 15.5. The highest BCUT2D eigenvalue weighted by molar-refractivity contribution is 6.33. The maximum absolute atomic E-state index is 12.1. The van der Waals surface area contributed by atoms with E-state index in [1.54, 1.807) is 18.2 Å². The number of nitrogens with zero attached hydrogens (tertiary/aromatic N) is 1. The molecule has 1 N–H and O–H groups in total. The number of carbonyl (C=O) groups excluding carboxylic acids is 1. The van der Waals surface area contributed by atoms with Gasteiger partial charge in [-0.25, -0.2) is 0 Å². The van der Waals surface area contributed by atoms with Gasteiger partial charge in [0.05, 0.1) is 22.3 Å². The fourth-order valence-electron chi connectivity index (χ4n) is 1.89. The maximum atomic E-state index is 12.1. The minimum atomic E-state index is 0.00237. The van der Waals surface area contributed by atoms with Crippen molar-refractivity contribution in [2.45, 2.75) is 39.5 Å². The van der Waals surface area contributed by atoms with Crippen molar-refractivity contribution >= 4 is 23.2 Å². The fourth-order valence-corrected chi connectivity index (χ4v) is 2.12. The molecule has 0 bridgehead atoms. The Morgan fingerprint density at radius 1 is 1.47 bits per heavy atom. The van der Waals surface area contributed by atoms with E-state index >= 15 is 0 Å². The van der Waals surface area contributed by atoms with Gasteiger partial charge in [0.15, 0.2) is 0 Å². The molecule has 1 unspecified atom stereocenters. The number of nitriles is 1. The molecule has 1 aromatic rings.